The van der Waals surface area contributed by atoms with Crippen LogP contribution in [0.3, 0.4) is 0 Å². The lowest BCUT2D eigenvalue weighted by atomic mass is 9.78. The van der Waals surface area contributed by atoms with Gasteiger partial charge in [0.1, 0.15) is 23.9 Å². The summed E-state index contributed by atoms with van der Waals surface area (Å²) in [6.07, 6.45) is 4.95. The predicted molar refractivity (Wildman–Crippen MR) is 58.7 cm³/mol. The van der Waals surface area contributed by atoms with Crippen LogP contribution in [-0.2, 0) is 19.0 Å². The Morgan fingerprint density at radius 3 is 3.06 bits per heavy atom. The summed E-state index contributed by atoms with van der Waals surface area (Å²) in [6, 6.07) is 0. The van der Waals surface area contributed by atoms with Crippen molar-refractivity contribution >= 4 is 5.78 Å². The maximum absolute atomic E-state index is 11.9. The number of carbonyl (C=O) groups excluding carboxylic acids is 1. The van der Waals surface area contributed by atoms with Crippen LogP contribution in [0.1, 0.15) is 39.0 Å². The van der Waals surface area contributed by atoms with Crippen molar-refractivity contribution in [3.8, 4) is 0 Å². The molecule has 1 spiro atoms. The fourth-order valence-corrected chi connectivity index (χ4v) is 3.87. The van der Waals surface area contributed by atoms with Crippen molar-refractivity contribution in [2.75, 3.05) is 0 Å². The zero-order valence-electron chi connectivity index (χ0n) is 10.1. The molecule has 0 aromatic heterocycles. The molecule has 1 saturated carbocycles. The normalized spacial score (nSPS) is 55.4. The lowest BCUT2D eigenvalue weighted by Crippen LogP contribution is -2.54. The zero-order chi connectivity index (χ0) is 11.6. The third-order valence-electron chi connectivity index (χ3n) is 4.70. The van der Waals surface area contributed by atoms with Crippen LogP contribution < -0.4 is 0 Å². The summed E-state index contributed by atoms with van der Waals surface area (Å²) in [7, 11) is 0. The Morgan fingerprint density at radius 1 is 1.35 bits per heavy atom. The van der Waals surface area contributed by atoms with E-state index in [2.05, 4.69) is 6.92 Å². The first-order valence-corrected chi connectivity index (χ1v) is 6.77. The van der Waals surface area contributed by atoms with Gasteiger partial charge in [0.25, 0.3) is 0 Å². The van der Waals surface area contributed by atoms with Crippen molar-refractivity contribution < 1.29 is 19.0 Å². The Labute approximate surface area is 101 Å². The van der Waals surface area contributed by atoms with Crippen LogP contribution in [0.5, 0.6) is 0 Å². The topological polar surface area (TPSA) is 48.1 Å². The number of epoxide rings is 1. The second kappa shape index (κ2) is 3.31. The zero-order valence-corrected chi connectivity index (χ0v) is 10.1. The SMILES string of the molecule is CCC[C@H]1CC[C@@H]2O[C@@H]3C[C@@]2(O1)[C@H]1O[C@H]1C3=O. The molecule has 6 atom stereocenters. The van der Waals surface area contributed by atoms with E-state index in [4.69, 9.17) is 14.2 Å². The third kappa shape index (κ3) is 1.26. The number of hydrogen-bond acceptors (Lipinski definition) is 4. The first-order valence-electron chi connectivity index (χ1n) is 6.77. The van der Waals surface area contributed by atoms with Crippen LogP contribution in [0.15, 0.2) is 0 Å². The van der Waals surface area contributed by atoms with E-state index in [1.54, 1.807) is 0 Å². The molecule has 0 amide bonds. The Morgan fingerprint density at radius 2 is 2.24 bits per heavy atom. The Hall–Kier alpha value is -0.450. The average Bonchev–Trinajstić information content (AvgIpc) is 3.04. The third-order valence-corrected chi connectivity index (χ3v) is 4.70. The number of hydrogen-bond donors (Lipinski definition) is 0. The Bertz CT molecular complexity index is 368. The molecule has 0 unspecified atom stereocenters. The lowest BCUT2D eigenvalue weighted by Gasteiger charge is -2.41. The van der Waals surface area contributed by atoms with Gasteiger partial charge in [0, 0.05) is 6.42 Å². The molecule has 94 valence electrons. The number of ketones is 1. The summed E-state index contributed by atoms with van der Waals surface area (Å²) < 4.78 is 17.7. The summed E-state index contributed by atoms with van der Waals surface area (Å²) in [5.41, 5.74) is -0.290. The van der Waals surface area contributed by atoms with Crippen LogP contribution >= 0.6 is 0 Å². The van der Waals surface area contributed by atoms with Gasteiger partial charge < -0.3 is 14.2 Å². The van der Waals surface area contributed by atoms with Gasteiger partial charge in [-0.25, -0.2) is 0 Å². The van der Waals surface area contributed by atoms with E-state index in [1.807, 2.05) is 0 Å². The molecule has 3 saturated heterocycles. The quantitative estimate of drug-likeness (QED) is 0.678. The number of fused-ring (bicyclic) bond motifs is 2. The molecule has 0 radical (unpaired) electrons. The van der Waals surface area contributed by atoms with Crippen molar-refractivity contribution in [2.45, 2.75) is 75.1 Å². The van der Waals surface area contributed by atoms with Crippen molar-refractivity contribution in [1.29, 1.82) is 0 Å². The highest BCUT2D eigenvalue weighted by atomic mass is 16.7. The minimum Gasteiger partial charge on any atom is -0.366 e. The second-order valence-electron chi connectivity index (χ2n) is 5.76. The fourth-order valence-electron chi connectivity index (χ4n) is 3.87. The van der Waals surface area contributed by atoms with E-state index in [9.17, 15) is 4.79 Å². The minimum absolute atomic E-state index is 0.0154. The molecule has 2 bridgehead atoms. The van der Waals surface area contributed by atoms with Gasteiger partial charge in [-0.3, -0.25) is 4.79 Å². The van der Waals surface area contributed by atoms with Crippen molar-refractivity contribution in [3.63, 3.8) is 0 Å². The van der Waals surface area contributed by atoms with Gasteiger partial charge in [0.05, 0.1) is 12.2 Å². The van der Waals surface area contributed by atoms with Crippen LogP contribution in [-0.4, -0.2) is 41.9 Å². The maximum atomic E-state index is 11.9. The molecule has 4 nitrogen and oxygen atoms in total. The molecule has 3 heterocycles. The molecule has 1 aliphatic carbocycles. The van der Waals surface area contributed by atoms with Gasteiger partial charge in [-0.05, 0) is 19.3 Å². The van der Waals surface area contributed by atoms with E-state index < -0.39 is 0 Å². The molecule has 4 aliphatic rings. The summed E-state index contributed by atoms with van der Waals surface area (Å²) in [6.45, 7) is 2.18. The van der Waals surface area contributed by atoms with E-state index >= 15 is 0 Å². The Balaban J connectivity index is 1.63. The molecule has 0 N–H and O–H groups in total. The van der Waals surface area contributed by atoms with Crippen molar-refractivity contribution in [2.24, 2.45) is 0 Å². The molecule has 17 heavy (non-hydrogen) atoms. The summed E-state index contributed by atoms with van der Waals surface area (Å²) in [4.78, 5) is 11.9. The molecule has 4 rings (SSSR count). The van der Waals surface area contributed by atoms with Crippen LogP contribution in [0, 0.1) is 0 Å². The van der Waals surface area contributed by atoms with Crippen molar-refractivity contribution in [3.05, 3.63) is 0 Å². The molecule has 3 aliphatic heterocycles. The van der Waals surface area contributed by atoms with Crippen LogP contribution in [0.25, 0.3) is 0 Å². The predicted octanol–water partition coefficient (Wildman–Crippen LogP) is 1.21. The largest absolute Gasteiger partial charge is 0.366 e. The summed E-state index contributed by atoms with van der Waals surface area (Å²) >= 11 is 0. The summed E-state index contributed by atoms with van der Waals surface area (Å²) in [5.74, 6) is 0.144. The van der Waals surface area contributed by atoms with Gasteiger partial charge in [-0.1, -0.05) is 13.3 Å². The molecule has 0 aromatic carbocycles. The number of Topliss-reactive ketones (excluding diaryl/α,β-unsaturated/α-hetero) is 1. The van der Waals surface area contributed by atoms with Gasteiger partial charge in [-0.2, -0.15) is 0 Å². The van der Waals surface area contributed by atoms with Gasteiger partial charge in [0.15, 0.2) is 5.78 Å². The monoisotopic (exact) mass is 238 g/mol. The van der Waals surface area contributed by atoms with E-state index in [1.165, 1.54) is 0 Å². The minimum atomic E-state index is -0.290. The number of carbonyl (C=O) groups is 1. The smallest absolute Gasteiger partial charge is 0.193 e. The van der Waals surface area contributed by atoms with Crippen molar-refractivity contribution in [1.82, 2.24) is 0 Å². The standard InChI is InChI=1S/C13H18O4/c1-2-3-7-4-5-9-13(17-7)6-8(15-9)10(14)11-12(13)16-11/h7-9,11-12H,2-6H2,1H3/t7-,8+,9-,11-,12-,13-/m0/s1. The average molecular weight is 238 g/mol. The Kier molecular flexibility index (Phi) is 2.04. The second-order valence-corrected chi connectivity index (χ2v) is 5.76. The van der Waals surface area contributed by atoms with E-state index in [0.717, 1.165) is 32.1 Å². The van der Waals surface area contributed by atoms with Gasteiger partial charge in [0.2, 0.25) is 0 Å². The van der Waals surface area contributed by atoms with Crippen LogP contribution in [0.2, 0.25) is 0 Å². The molecule has 4 heteroatoms. The molecule has 0 aromatic rings. The van der Waals surface area contributed by atoms with E-state index in [0.29, 0.717) is 6.10 Å². The highest BCUT2D eigenvalue weighted by Gasteiger charge is 2.73. The van der Waals surface area contributed by atoms with Gasteiger partial charge >= 0.3 is 0 Å². The fraction of sp³-hybridized carbons (Fsp3) is 0.923. The van der Waals surface area contributed by atoms with Gasteiger partial charge in [-0.15, -0.1) is 0 Å². The number of ether oxygens (including phenoxy) is 3. The molecular weight excluding hydrogens is 220 g/mol. The summed E-state index contributed by atoms with van der Waals surface area (Å²) in [5, 5.41) is 0. The first kappa shape index (κ1) is 10.5. The first-order chi connectivity index (χ1) is 8.24. The number of rotatable bonds is 2. The highest BCUT2D eigenvalue weighted by Crippen LogP contribution is 2.55. The molecule has 4 fully saturated rings. The molecular formula is C13H18O4. The lowest BCUT2D eigenvalue weighted by molar-refractivity contribution is -0.175. The maximum Gasteiger partial charge on any atom is 0.193 e. The van der Waals surface area contributed by atoms with Crippen LogP contribution in [0.4, 0.5) is 0 Å². The highest BCUT2D eigenvalue weighted by molar-refractivity contribution is 5.92. The van der Waals surface area contributed by atoms with E-state index in [-0.39, 0.29) is 35.8 Å².